The summed E-state index contributed by atoms with van der Waals surface area (Å²) in [5.74, 6) is -0.756. The molecule has 208 valence electrons. The number of carbonyl (C=O) groups is 2. The molecular formula is C29H36FN5O4. The maximum atomic E-state index is 15.9. The van der Waals surface area contributed by atoms with Crippen LogP contribution in [0.4, 0.5) is 14.9 Å². The van der Waals surface area contributed by atoms with Gasteiger partial charge in [0.25, 0.3) is 5.91 Å². The van der Waals surface area contributed by atoms with Crippen molar-refractivity contribution in [3.8, 4) is 0 Å². The van der Waals surface area contributed by atoms with Crippen LogP contribution in [0.15, 0.2) is 30.6 Å². The van der Waals surface area contributed by atoms with Crippen molar-refractivity contribution in [1.29, 1.82) is 0 Å². The first kappa shape index (κ1) is 27.1. The molecule has 0 unspecified atom stereocenters. The minimum absolute atomic E-state index is 0.0287. The number of aliphatic hydroxyl groups is 1. The first-order valence-corrected chi connectivity index (χ1v) is 13.5. The molecule has 0 radical (unpaired) electrons. The van der Waals surface area contributed by atoms with Crippen molar-refractivity contribution in [3.05, 3.63) is 59.1 Å². The van der Waals surface area contributed by atoms with Crippen molar-refractivity contribution in [2.24, 2.45) is 0 Å². The standard InChI is InChI=1S/C29H36FN5O4/c1-28(2,3)39-27(37)34-13-11-18(12-14-34)21-15-35-16-22(23(29(4,5)38)24(30)25(35)32-21)33-26(36)20-8-6-7-19(31-20)17-9-10-17/h6-8,15-18,38H,9-14H2,1-5H3,(H,33,36). The van der Waals surface area contributed by atoms with Crippen LogP contribution >= 0.6 is 0 Å². The molecule has 1 saturated carbocycles. The summed E-state index contributed by atoms with van der Waals surface area (Å²) in [6.07, 6.45) is 6.44. The molecule has 0 aromatic carbocycles. The number of rotatable bonds is 5. The van der Waals surface area contributed by atoms with Gasteiger partial charge < -0.3 is 24.5 Å². The normalized spacial score (nSPS) is 16.9. The number of ether oxygens (including phenoxy) is 1. The fourth-order valence-electron chi connectivity index (χ4n) is 5.05. The molecule has 0 atom stereocenters. The van der Waals surface area contributed by atoms with Crippen LogP contribution in [0, 0.1) is 5.82 Å². The Kier molecular flexibility index (Phi) is 6.86. The van der Waals surface area contributed by atoms with E-state index in [-0.39, 0.29) is 34.6 Å². The van der Waals surface area contributed by atoms with Gasteiger partial charge in [0, 0.05) is 48.6 Å². The van der Waals surface area contributed by atoms with E-state index >= 15 is 4.39 Å². The number of imidazole rings is 1. The average Bonchev–Trinajstić information content (AvgIpc) is 3.61. The molecule has 10 heteroatoms. The van der Waals surface area contributed by atoms with Crippen LogP contribution in [0.3, 0.4) is 0 Å². The van der Waals surface area contributed by atoms with E-state index in [0.29, 0.717) is 37.5 Å². The molecular weight excluding hydrogens is 501 g/mol. The predicted molar refractivity (Wildman–Crippen MR) is 144 cm³/mol. The summed E-state index contributed by atoms with van der Waals surface area (Å²) < 4.78 is 22.9. The molecule has 5 rings (SSSR count). The molecule has 2 fully saturated rings. The van der Waals surface area contributed by atoms with E-state index in [9.17, 15) is 14.7 Å². The van der Waals surface area contributed by atoms with Crippen LogP contribution in [0.5, 0.6) is 0 Å². The second-order valence-corrected chi connectivity index (χ2v) is 12.1. The molecule has 2 amide bonds. The van der Waals surface area contributed by atoms with Gasteiger partial charge in [-0.3, -0.25) is 4.79 Å². The van der Waals surface area contributed by atoms with E-state index in [1.54, 1.807) is 33.8 Å². The van der Waals surface area contributed by atoms with Gasteiger partial charge >= 0.3 is 6.09 Å². The molecule has 2 N–H and O–H groups in total. The number of amides is 2. The Morgan fingerprint density at radius 2 is 1.67 bits per heavy atom. The summed E-state index contributed by atoms with van der Waals surface area (Å²) in [4.78, 5) is 36.3. The summed E-state index contributed by atoms with van der Waals surface area (Å²) in [6.45, 7) is 9.48. The van der Waals surface area contributed by atoms with Crippen LogP contribution in [0.1, 0.15) is 99.6 Å². The van der Waals surface area contributed by atoms with Gasteiger partial charge in [-0.05, 0) is 72.4 Å². The number of halogens is 1. The number of likely N-dealkylation sites (tertiary alicyclic amines) is 1. The fraction of sp³-hybridized carbons (Fsp3) is 0.517. The highest BCUT2D eigenvalue weighted by Gasteiger charge is 2.32. The smallest absolute Gasteiger partial charge is 0.410 e. The van der Waals surface area contributed by atoms with Crippen LogP contribution in [-0.4, -0.2) is 55.1 Å². The quantitative estimate of drug-likeness (QED) is 0.455. The third kappa shape index (κ3) is 5.90. The highest BCUT2D eigenvalue weighted by molar-refractivity contribution is 6.03. The number of hydrogen-bond donors (Lipinski definition) is 2. The van der Waals surface area contributed by atoms with E-state index in [2.05, 4.69) is 15.3 Å². The number of anilines is 1. The van der Waals surface area contributed by atoms with Crippen molar-refractivity contribution in [3.63, 3.8) is 0 Å². The van der Waals surface area contributed by atoms with Gasteiger partial charge in [-0.15, -0.1) is 0 Å². The van der Waals surface area contributed by atoms with Crippen molar-refractivity contribution in [1.82, 2.24) is 19.3 Å². The van der Waals surface area contributed by atoms with E-state index in [0.717, 1.165) is 18.5 Å². The third-order valence-electron chi connectivity index (χ3n) is 7.13. The number of fused-ring (bicyclic) bond motifs is 1. The minimum atomic E-state index is -1.58. The van der Waals surface area contributed by atoms with Gasteiger partial charge in [-0.25, -0.2) is 19.2 Å². The lowest BCUT2D eigenvalue weighted by Gasteiger charge is -2.32. The van der Waals surface area contributed by atoms with Crippen molar-refractivity contribution >= 4 is 23.3 Å². The van der Waals surface area contributed by atoms with Gasteiger partial charge in [-0.2, -0.15) is 0 Å². The first-order valence-electron chi connectivity index (χ1n) is 13.5. The summed E-state index contributed by atoms with van der Waals surface area (Å²) >= 11 is 0. The van der Waals surface area contributed by atoms with Crippen molar-refractivity contribution in [2.45, 2.75) is 83.3 Å². The molecule has 2 aliphatic rings. The highest BCUT2D eigenvalue weighted by Crippen LogP contribution is 2.39. The van der Waals surface area contributed by atoms with Gasteiger partial charge in [0.05, 0.1) is 17.0 Å². The zero-order valence-corrected chi connectivity index (χ0v) is 23.1. The molecule has 1 aliphatic carbocycles. The number of nitrogens with zero attached hydrogens (tertiary/aromatic N) is 4. The Morgan fingerprint density at radius 3 is 2.28 bits per heavy atom. The number of hydrogen-bond acceptors (Lipinski definition) is 6. The maximum absolute atomic E-state index is 15.9. The lowest BCUT2D eigenvalue weighted by atomic mass is 9.94. The largest absolute Gasteiger partial charge is 0.444 e. The number of nitrogens with one attached hydrogen (secondary N) is 1. The minimum Gasteiger partial charge on any atom is -0.444 e. The number of aromatic nitrogens is 3. The second-order valence-electron chi connectivity index (χ2n) is 12.1. The molecule has 3 aromatic rings. The summed E-state index contributed by atoms with van der Waals surface area (Å²) in [7, 11) is 0. The molecule has 0 bridgehead atoms. The molecule has 3 aromatic heterocycles. The summed E-state index contributed by atoms with van der Waals surface area (Å²) in [5, 5.41) is 13.6. The van der Waals surface area contributed by atoms with E-state index in [1.165, 1.54) is 13.8 Å². The molecule has 0 spiro atoms. The summed E-state index contributed by atoms with van der Waals surface area (Å²) in [6, 6.07) is 5.33. The average molecular weight is 538 g/mol. The monoisotopic (exact) mass is 537 g/mol. The lowest BCUT2D eigenvalue weighted by molar-refractivity contribution is 0.0204. The number of carbonyl (C=O) groups excluding carboxylic acids is 2. The first-order chi connectivity index (χ1) is 18.3. The SMILES string of the molecule is CC(C)(C)OC(=O)N1CCC(c2cn3cc(NC(=O)c4cccc(C5CC5)n4)c(C(C)(C)O)c(F)c3n2)CC1. The summed E-state index contributed by atoms with van der Waals surface area (Å²) in [5.41, 5.74) is -0.144. The number of pyridine rings is 2. The zero-order chi connectivity index (χ0) is 28.1. The van der Waals surface area contributed by atoms with E-state index < -0.39 is 22.9 Å². The van der Waals surface area contributed by atoms with Gasteiger partial charge in [0.15, 0.2) is 11.5 Å². The lowest BCUT2D eigenvalue weighted by Crippen LogP contribution is -2.41. The Bertz CT molecular complexity index is 1410. The van der Waals surface area contributed by atoms with Gasteiger partial charge in [0.2, 0.25) is 0 Å². The highest BCUT2D eigenvalue weighted by atomic mass is 19.1. The molecule has 1 saturated heterocycles. The van der Waals surface area contributed by atoms with Crippen molar-refractivity contribution < 1.29 is 23.8 Å². The fourth-order valence-corrected chi connectivity index (χ4v) is 5.05. The van der Waals surface area contributed by atoms with Gasteiger partial charge in [0.1, 0.15) is 11.3 Å². The predicted octanol–water partition coefficient (Wildman–Crippen LogP) is 5.34. The molecule has 9 nitrogen and oxygen atoms in total. The van der Waals surface area contributed by atoms with Crippen LogP contribution in [-0.2, 0) is 10.3 Å². The Balaban J connectivity index is 1.40. The second kappa shape index (κ2) is 9.89. The van der Waals surface area contributed by atoms with Crippen LogP contribution in [0.25, 0.3) is 5.65 Å². The molecule has 39 heavy (non-hydrogen) atoms. The van der Waals surface area contributed by atoms with Crippen LogP contribution < -0.4 is 5.32 Å². The van der Waals surface area contributed by atoms with Gasteiger partial charge in [-0.1, -0.05) is 6.07 Å². The van der Waals surface area contributed by atoms with Crippen LogP contribution in [0.2, 0.25) is 0 Å². The zero-order valence-electron chi connectivity index (χ0n) is 23.1. The molecule has 1 aliphatic heterocycles. The maximum Gasteiger partial charge on any atom is 0.410 e. The Labute approximate surface area is 227 Å². The Morgan fingerprint density at radius 1 is 1.00 bits per heavy atom. The number of piperidine rings is 1. The molecule has 4 heterocycles. The topological polar surface area (TPSA) is 109 Å². The van der Waals surface area contributed by atoms with E-state index in [1.807, 2.05) is 26.8 Å². The third-order valence-corrected chi connectivity index (χ3v) is 7.13. The Hall–Kier alpha value is -3.53. The van der Waals surface area contributed by atoms with Crippen molar-refractivity contribution in [2.75, 3.05) is 18.4 Å². The van der Waals surface area contributed by atoms with E-state index in [4.69, 9.17) is 4.74 Å².